The maximum Gasteiger partial charge on any atom is 0.197 e. The number of benzene rings is 1. The lowest BCUT2D eigenvalue weighted by Gasteiger charge is -1.99. The molecule has 4 aromatic rings. The van der Waals surface area contributed by atoms with Crippen LogP contribution in [0.5, 0.6) is 0 Å². The van der Waals surface area contributed by atoms with Gasteiger partial charge in [0.15, 0.2) is 17.2 Å². The summed E-state index contributed by atoms with van der Waals surface area (Å²) in [4.78, 5) is 34.5. The number of fused-ring (bicyclic) bond motifs is 2. The summed E-state index contributed by atoms with van der Waals surface area (Å²) in [7, 11) is 0. The van der Waals surface area contributed by atoms with Crippen molar-refractivity contribution >= 4 is 40.1 Å². The highest BCUT2D eigenvalue weighted by Gasteiger charge is 2.32. The zero-order valence-corrected chi connectivity index (χ0v) is 14.2. The van der Waals surface area contributed by atoms with Crippen LogP contribution in [0.4, 0.5) is 0 Å². The SMILES string of the molecule is O=C1C(=Cc2ccc(-n3ccc4nccnc43)s2)C(=O)c2ccccc21. The second kappa shape index (κ2) is 5.57. The van der Waals surface area contributed by atoms with E-state index in [0.717, 1.165) is 21.0 Å². The molecule has 26 heavy (non-hydrogen) atoms. The molecule has 5 nitrogen and oxygen atoms in total. The molecule has 124 valence electrons. The summed E-state index contributed by atoms with van der Waals surface area (Å²) < 4.78 is 1.95. The number of Topliss-reactive ketones (excluding diaryl/α,β-unsaturated/α-hetero) is 2. The molecule has 0 unspecified atom stereocenters. The molecule has 3 aromatic heterocycles. The van der Waals surface area contributed by atoms with Crippen molar-refractivity contribution in [3.8, 4) is 5.00 Å². The van der Waals surface area contributed by atoms with Gasteiger partial charge in [-0.2, -0.15) is 0 Å². The molecule has 0 fully saturated rings. The Morgan fingerprint density at radius 1 is 0.885 bits per heavy atom. The molecule has 1 aliphatic carbocycles. The second-order valence-electron chi connectivity index (χ2n) is 5.89. The Balaban J connectivity index is 1.55. The van der Waals surface area contributed by atoms with Crippen LogP contribution in [-0.4, -0.2) is 26.1 Å². The van der Waals surface area contributed by atoms with E-state index in [-0.39, 0.29) is 17.1 Å². The summed E-state index contributed by atoms with van der Waals surface area (Å²) in [5.74, 6) is -0.421. The molecule has 0 saturated carbocycles. The first-order valence-electron chi connectivity index (χ1n) is 8.01. The number of rotatable bonds is 2. The van der Waals surface area contributed by atoms with E-state index in [1.807, 2.05) is 29.0 Å². The first kappa shape index (κ1) is 14.9. The molecule has 0 atom stereocenters. The minimum atomic E-state index is -0.210. The number of aromatic nitrogens is 3. The highest BCUT2D eigenvalue weighted by molar-refractivity contribution is 7.15. The lowest BCUT2D eigenvalue weighted by molar-refractivity contribution is 0.0990. The van der Waals surface area contributed by atoms with Gasteiger partial charge in [-0.25, -0.2) is 4.98 Å². The van der Waals surface area contributed by atoms with E-state index in [1.54, 1.807) is 42.7 Å². The average Bonchev–Trinajstić information content (AvgIpc) is 3.36. The van der Waals surface area contributed by atoms with Gasteiger partial charge in [0.2, 0.25) is 0 Å². The van der Waals surface area contributed by atoms with E-state index in [0.29, 0.717) is 11.1 Å². The predicted octanol–water partition coefficient (Wildman–Crippen LogP) is 3.94. The topological polar surface area (TPSA) is 64.8 Å². The number of carbonyl (C=O) groups is 2. The van der Waals surface area contributed by atoms with Crippen LogP contribution in [0.25, 0.3) is 22.2 Å². The van der Waals surface area contributed by atoms with Crippen LogP contribution in [0.2, 0.25) is 0 Å². The van der Waals surface area contributed by atoms with Crippen molar-refractivity contribution in [1.82, 2.24) is 14.5 Å². The van der Waals surface area contributed by atoms with Crippen LogP contribution < -0.4 is 0 Å². The molecule has 3 heterocycles. The van der Waals surface area contributed by atoms with Crippen LogP contribution in [0, 0.1) is 0 Å². The highest BCUT2D eigenvalue weighted by Crippen LogP contribution is 2.31. The molecule has 0 bridgehead atoms. The van der Waals surface area contributed by atoms with Crippen molar-refractivity contribution in [3.05, 3.63) is 82.6 Å². The molecule has 0 saturated heterocycles. The molecule has 0 N–H and O–H groups in total. The van der Waals surface area contributed by atoms with Crippen LogP contribution in [-0.2, 0) is 0 Å². The smallest absolute Gasteiger partial charge is 0.197 e. The standard InChI is InChI=1S/C20H11N3O2S/c24-18-13-3-1-2-4-14(13)19(25)15(18)11-12-5-6-17(26-12)23-10-7-16-20(23)22-9-8-21-16/h1-11H. The summed E-state index contributed by atoms with van der Waals surface area (Å²) in [6, 6.07) is 12.7. The van der Waals surface area contributed by atoms with Gasteiger partial charge in [-0.05, 0) is 24.3 Å². The molecular formula is C20H11N3O2S. The van der Waals surface area contributed by atoms with Gasteiger partial charge < -0.3 is 0 Å². The van der Waals surface area contributed by atoms with Crippen LogP contribution >= 0.6 is 11.3 Å². The molecule has 0 amide bonds. The minimum absolute atomic E-state index is 0.210. The fourth-order valence-electron chi connectivity index (χ4n) is 3.13. The summed E-state index contributed by atoms with van der Waals surface area (Å²) in [5.41, 5.74) is 2.77. The van der Waals surface area contributed by atoms with Gasteiger partial charge in [0.05, 0.1) is 5.57 Å². The Hall–Kier alpha value is -3.38. The third kappa shape index (κ3) is 2.16. The summed E-state index contributed by atoms with van der Waals surface area (Å²) in [6.07, 6.45) is 6.90. The van der Waals surface area contributed by atoms with Crippen LogP contribution in [0.3, 0.4) is 0 Å². The quantitative estimate of drug-likeness (QED) is 0.403. The predicted molar refractivity (Wildman–Crippen MR) is 99.8 cm³/mol. The van der Waals surface area contributed by atoms with Crippen molar-refractivity contribution < 1.29 is 9.59 Å². The minimum Gasteiger partial charge on any atom is -0.291 e. The highest BCUT2D eigenvalue weighted by atomic mass is 32.1. The Kier molecular flexibility index (Phi) is 3.20. The van der Waals surface area contributed by atoms with Crippen LogP contribution in [0.15, 0.2) is 66.6 Å². The van der Waals surface area contributed by atoms with Gasteiger partial charge in [-0.15, -0.1) is 11.3 Å². The van der Waals surface area contributed by atoms with Crippen molar-refractivity contribution in [1.29, 1.82) is 0 Å². The fraction of sp³-hybridized carbons (Fsp3) is 0. The van der Waals surface area contributed by atoms with E-state index >= 15 is 0 Å². The number of carbonyl (C=O) groups excluding carboxylic acids is 2. The number of hydrogen-bond acceptors (Lipinski definition) is 5. The number of allylic oxidation sites excluding steroid dienone is 1. The number of thiophene rings is 1. The zero-order valence-electron chi connectivity index (χ0n) is 13.4. The Morgan fingerprint density at radius 2 is 1.62 bits per heavy atom. The molecule has 0 radical (unpaired) electrons. The first-order valence-corrected chi connectivity index (χ1v) is 8.82. The Labute approximate surface area is 152 Å². The fourth-order valence-corrected chi connectivity index (χ4v) is 4.07. The van der Waals surface area contributed by atoms with E-state index in [1.165, 1.54) is 11.3 Å². The summed E-state index contributed by atoms with van der Waals surface area (Å²) >= 11 is 1.49. The zero-order chi connectivity index (χ0) is 17.7. The molecular weight excluding hydrogens is 346 g/mol. The molecule has 0 aliphatic heterocycles. The molecule has 0 spiro atoms. The van der Waals surface area contributed by atoms with E-state index in [4.69, 9.17) is 0 Å². The number of hydrogen-bond donors (Lipinski definition) is 0. The van der Waals surface area contributed by atoms with Crippen molar-refractivity contribution in [3.63, 3.8) is 0 Å². The summed E-state index contributed by atoms with van der Waals surface area (Å²) in [6.45, 7) is 0. The normalized spacial score (nSPS) is 13.5. The monoisotopic (exact) mass is 357 g/mol. The third-order valence-corrected chi connectivity index (χ3v) is 5.39. The van der Waals surface area contributed by atoms with E-state index in [2.05, 4.69) is 9.97 Å². The molecule has 5 rings (SSSR count). The van der Waals surface area contributed by atoms with Gasteiger partial charge in [0.25, 0.3) is 0 Å². The van der Waals surface area contributed by atoms with Gasteiger partial charge >= 0.3 is 0 Å². The van der Waals surface area contributed by atoms with Gasteiger partial charge in [-0.3, -0.25) is 19.1 Å². The summed E-state index contributed by atoms with van der Waals surface area (Å²) in [5, 5.41) is 0.947. The van der Waals surface area contributed by atoms with E-state index in [9.17, 15) is 9.59 Å². The van der Waals surface area contributed by atoms with Gasteiger partial charge in [0.1, 0.15) is 10.5 Å². The van der Waals surface area contributed by atoms with Gasteiger partial charge in [-0.1, -0.05) is 24.3 Å². The Morgan fingerprint density at radius 3 is 2.38 bits per heavy atom. The number of ketones is 2. The number of nitrogens with zero attached hydrogens (tertiary/aromatic N) is 3. The van der Waals surface area contributed by atoms with Crippen LogP contribution in [0.1, 0.15) is 25.6 Å². The van der Waals surface area contributed by atoms with Crippen molar-refractivity contribution in [2.75, 3.05) is 0 Å². The Bertz CT molecular complexity index is 1200. The molecule has 1 aromatic carbocycles. The second-order valence-corrected chi connectivity index (χ2v) is 6.98. The lowest BCUT2D eigenvalue weighted by atomic mass is 10.1. The largest absolute Gasteiger partial charge is 0.291 e. The van der Waals surface area contributed by atoms with Crippen molar-refractivity contribution in [2.45, 2.75) is 0 Å². The van der Waals surface area contributed by atoms with E-state index < -0.39 is 0 Å². The lowest BCUT2D eigenvalue weighted by Crippen LogP contribution is -1.99. The average molecular weight is 357 g/mol. The molecule has 1 aliphatic rings. The first-order chi connectivity index (χ1) is 12.7. The van der Waals surface area contributed by atoms with Gasteiger partial charge in [0, 0.05) is 34.6 Å². The molecule has 6 heteroatoms. The third-order valence-electron chi connectivity index (χ3n) is 4.36. The maximum atomic E-state index is 12.5. The maximum absolute atomic E-state index is 12.5. The van der Waals surface area contributed by atoms with Crippen molar-refractivity contribution in [2.24, 2.45) is 0 Å².